The van der Waals surface area contributed by atoms with Gasteiger partial charge in [-0.2, -0.15) is 0 Å². The lowest BCUT2D eigenvalue weighted by atomic mass is 10.2. The second kappa shape index (κ2) is 7.14. The Labute approximate surface area is 117 Å². The molecule has 1 rings (SSSR count). The summed E-state index contributed by atoms with van der Waals surface area (Å²) in [6.45, 7) is 2.41. The van der Waals surface area contributed by atoms with Gasteiger partial charge in [0.05, 0.1) is 4.90 Å². The Balaban J connectivity index is 2.68. The molecule has 0 amide bonds. The molecule has 1 aromatic rings. The van der Waals surface area contributed by atoms with Crippen molar-refractivity contribution in [2.24, 2.45) is 5.73 Å². The maximum absolute atomic E-state index is 12.0. The Kier molecular flexibility index (Phi) is 6.12. The van der Waals surface area contributed by atoms with Gasteiger partial charge in [0.15, 0.2) is 0 Å². The number of nitrogens with two attached hydrogens (primary N) is 1. The highest BCUT2D eigenvalue weighted by Crippen LogP contribution is 2.11. The quantitative estimate of drug-likeness (QED) is 0.771. The molecule has 0 saturated carbocycles. The van der Waals surface area contributed by atoms with Crippen molar-refractivity contribution in [2.45, 2.75) is 30.0 Å². The van der Waals surface area contributed by atoms with E-state index in [1.54, 1.807) is 24.5 Å². The molecule has 0 aliphatic rings. The fraction of sp³-hybridized carbons (Fsp3) is 0.500. The maximum Gasteiger partial charge on any atom is 0.240 e. The van der Waals surface area contributed by atoms with Gasteiger partial charge in [-0.25, -0.2) is 13.1 Å². The van der Waals surface area contributed by atoms with Crippen LogP contribution in [0.15, 0.2) is 29.2 Å². The zero-order chi connectivity index (χ0) is 14.5. The topological polar surface area (TPSA) is 89.3 Å². The van der Waals surface area contributed by atoms with Crippen LogP contribution in [0.1, 0.15) is 18.9 Å². The van der Waals surface area contributed by atoms with Crippen LogP contribution in [-0.4, -0.2) is 30.7 Å². The van der Waals surface area contributed by atoms with Crippen molar-refractivity contribution in [2.75, 3.05) is 12.8 Å². The molecule has 108 valence electrons. The first-order valence-corrected chi connectivity index (χ1v) is 9.08. The van der Waals surface area contributed by atoms with Gasteiger partial charge in [0.2, 0.25) is 10.0 Å². The summed E-state index contributed by atoms with van der Waals surface area (Å²) in [7, 11) is -4.46. The molecule has 0 spiro atoms. The van der Waals surface area contributed by atoms with Crippen molar-refractivity contribution in [3.8, 4) is 0 Å². The van der Waals surface area contributed by atoms with Gasteiger partial charge < -0.3 is 5.73 Å². The number of benzene rings is 1. The molecule has 3 N–H and O–H groups in total. The molecule has 2 atom stereocenters. The van der Waals surface area contributed by atoms with Crippen molar-refractivity contribution in [3.05, 3.63) is 29.8 Å². The van der Waals surface area contributed by atoms with E-state index in [0.717, 1.165) is 5.56 Å². The van der Waals surface area contributed by atoms with Crippen LogP contribution in [0.3, 0.4) is 0 Å². The molecule has 7 heteroatoms. The van der Waals surface area contributed by atoms with Crippen LogP contribution in [0.4, 0.5) is 0 Å². The largest absolute Gasteiger partial charge is 0.326 e. The van der Waals surface area contributed by atoms with Gasteiger partial charge in [-0.1, -0.05) is 19.1 Å². The third-order valence-corrected chi connectivity index (χ3v) is 5.68. The zero-order valence-corrected chi connectivity index (χ0v) is 12.8. The predicted molar refractivity (Wildman–Crippen MR) is 77.7 cm³/mol. The molecular weight excluding hydrogens is 284 g/mol. The summed E-state index contributed by atoms with van der Waals surface area (Å²) in [5.74, 6) is 0. The first-order valence-electron chi connectivity index (χ1n) is 5.97. The molecule has 0 fully saturated rings. The number of nitrogens with one attached hydrogen (secondary N) is 1. The Morgan fingerprint density at radius 1 is 1.42 bits per heavy atom. The number of hydrogen-bond donors (Lipinski definition) is 2. The van der Waals surface area contributed by atoms with Crippen molar-refractivity contribution >= 4 is 20.8 Å². The van der Waals surface area contributed by atoms with Crippen LogP contribution in [-0.2, 0) is 27.4 Å². The van der Waals surface area contributed by atoms with Crippen molar-refractivity contribution in [1.82, 2.24) is 4.72 Å². The van der Waals surface area contributed by atoms with E-state index in [-0.39, 0.29) is 16.7 Å². The van der Waals surface area contributed by atoms with Gasteiger partial charge in [0.1, 0.15) is 0 Å². The highest BCUT2D eigenvalue weighted by Gasteiger charge is 2.15. The molecule has 19 heavy (non-hydrogen) atoms. The molecule has 1 aromatic carbocycles. The Morgan fingerprint density at radius 3 is 2.68 bits per heavy atom. The average Bonchev–Trinajstić information content (AvgIpc) is 2.38. The zero-order valence-electron chi connectivity index (χ0n) is 11.1. The number of sulfonamides is 1. The van der Waals surface area contributed by atoms with E-state index in [9.17, 15) is 12.6 Å². The molecule has 0 aliphatic carbocycles. The van der Waals surface area contributed by atoms with Crippen molar-refractivity contribution in [3.63, 3.8) is 0 Å². The smallest absolute Gasteiger partial charge is 0.240 e. The van der Waals surface area contributed by atoms with Gasteiger partial charge in [-0.15, -0.1) is 0 Å². The van der Waals surface area contributed by atoms with E-state index in [4.69, 9.17) is 5.73 Å². The molecule has 0 aliphatic heterocycles. The minimum Gasteiger partial charge on any atom is -0.326 e. The van der Waals surface area contributed by atoms with E-state index in [2.05, 4.69) is 4.72 Å². The monoisotopic (exact) mass is 304 g/mol. The Hall–Kier alpha value is -0.760. The molecule has 5 nitrogen and oxygen atoms in total. The molecule has 0 aromatic heterocycles. The minimum absolute atomic E-state index is 0.0296. The summed E-state index contributed by atoms with van der Waals surface area (Å²) in [4.78, 5) is 0.209. The summed E-state index contributed by atoms with van der Waals surface area (Å²) in [6, 6.07) is 6.54. The van der Waals surface area contributed by atoms with Crippen LogP contribution in [0.25, 0.3) is 0 Å². The summed E-state index contributed by atoms with van der Waals surface area (Å²) >= 11 is 0. The molecule has 0 radical (unpaired) electrons. The van der Waals surface area contributed by atoms with Gasteiger partial charge >= 0.3 is 0 Å². The van der Waals surface area contributed by atoms with E-state index < -0.39 is 20.8 Å². The SMILES string of the molecule is CC(CCNS(=O)(=O)c1cccc(CN)c1)S(C)=O. The number of hydrogen-bond acceptors (Lipinski definition) is 4. The third kappa shape index (κ3) is 5.02. The second-order valence-electron chi connectivity index (χ2n) is 4.35. The van der Waals surface area contributed by atoms with Gasteiger partial charge in [-0.05, 0) is 24.1 Å². The lowest BCUT2D eigenvalue weighted by Gasteiger charge is -2.10. The minimum atomic E-state index is -3.52. The molecular formula is C12H20N2O3S2. The molecule has 0 saturated heterocycles. The third-order valence-electron chi connectivity index (χ3n) is 2.85. The summed E-state index contributed by atoms with van der Waals surface area (Å²) < 4.78 is 37.7. The van der Waals surface area contributed by atoms with Gasteiger partial charge in [-0.3, -0.25) is 4.21 Å². The number of rotatable bonds is 7. The van der Waals surface area contributed by atoms with E-state index >= 15 is 0 Å². The average molecular weight is 304 g/mol. The van der Waals surface area contributed by atoms with E-state index in [0.29, 0.717) is 13.0 Å². The molecule has 0 heterocycles. The first kappa shape index (κ1) is 16.3. The van der Waals surface area contributed by atoms with Crippen LogP contribution < -0.4 is 10.5 Å². The second-order valence-corrected chi connectivity index (χ2v) is 7.92. The van der Waals surface area contributed by atoms with Crippen LogP contribution >= 0.6 is 0 Å². The predicted octanol–water partition coefficient (Wildman–Crippen LogP) is 0.581. The van der Waals surface area contributed by atoms with E-state index in [1.165, 1.54) is 6.07 Å². The van der Waals surface area contributed by atoms with Crippen LogP contribution in [0, 0.1) is 0 Å². The van der Waals surface area contributed by atoms with E-state index in [1.807, 2.05) is 6.92 Å². The highest BCUT2D eigenvalue weighted by molar-refractivity contribution is 7.89. The van der Waals surface area contributed by atoms with Gasteiger partial charge in [0.25, 0.3) is 0 Å². The van der Waals surface area contributed by atoms with Crippen molar-refractivity contribution in [1.29, 1.82) is 0 Å². The van der Waals surface area contributed by atoms with Gasteiger partial charge in [0, 0.05) is 35.4 Å². The lowest BCUT2D eigenvalue weighted by Crippen LogP contribution is -2.27. The lowest BCUT2D eigenvalue weighted by molar-refractivity contribution is 0.577. The normalized spacial score (nSPS) is 15.1. The summed E-state index contributed by atoms with van der Waals surface area (Å²) in [5.41, 5.74) is 6.26. The van der Waals surface area contributed by atoms with Crippen LogP contribution in [0.2, 0.25) is 0 Å². The standard InChI is InChI=1S/C12H20N2O3S2/c1-10(18(2)15)6-7-14-19(16,17)12-5-3-4-11(8-12)9-13/h3-5,8,10,14H,6-7,9,13H2,1-2H3. The molecule has 0 bridgehead atoms. The fourth-order valence-corrected chi connectivity index (χ4v) is 3.05. The summed E-state index contributed by atoms with van der Waals surface area (Å²) in [5, 5.41) is -0.0296. The maximum atomic E-state index is 12.0. The molecule has 2 unspecified atom stereocenters. The Morgan fingerprint density at radius 2 is 2.11 bits per heavy atom. The highest BCUT2D eigenvalue weighted by atomic mass is 32.2. The van der Waals surface area contributed by atoms with Crippen LogP contribution in [0.5, 0.6) is 0 Å². The first-order chi connectivity index (χ1) is 8.86. The fourth-order valence-electron chi connectivity index (χ4n) is 1.49. The Bertz CT molecular complexity index is 544. The van der Waals surface area contributed by atoms with Crippen molar-refractivity contribution < 1.29 is 12.6 Å². The summed E-state index contributed by atoms with van der Waals surface area (Å²) in [6.07, 6.45) is 2.16.